The molecular formula is C17H34N2O3. The second-order valence-electron chi connectivity index (χ2n) is 7.61. The molecule has 130 valence electrons. The van der Waals surface area contributed by atoms with E-state index in [-0.39, 0.29) is 12.1 Å². The van der Waals surface area contributed by atoms with Crippen molar-refractivity contribution in [3.05, 3.63) is 0 Å². The van der Waals surface area contributed by atoms with Crippen molar-refractivity contribution in [3.63, 3.8) is 0 Å². The van der Waals surface area contributed by atoms with Crippen molar-refractivity contribution in [3.8, 4) is 0 Å². The van der Waals surface area contributed by atoms with Crippen molar-refractivity contribution < 1.29 is 14.3 Å². The van der Waals surface area contributed by atoms with Crippen LogP contribution in [0.1, 0.15) is 60.3 Å². The van der Waals surface area contributed by atoms with Gasteiger partial charge in [0.05, 0.1) is 6.10 Å². The summed E-state index contributed by atoms with van der Waals surface area (Å²) in [6.07, 6.45) is 4.57. The Bertz CT molecular complexity index is 331. The lowest BCUT2D eigenvalue weighted by atomic mass is 9.92. The number of nitrogens with one attached hydrogen (secondary N) is 2. The normalized spacial score (nSPS) is 24.1. The maximum absolute atomic E-state index is 11.9. The van der Waals surface area contributed by atoms with Crippen LogP contribution in [-0.2, 0) is 9.47 Å². The number of rotatable bonds is 6. The Morgan fingerprint density at radius 2 is 1.77 bits per heavy atom. The summed E-state index contributed by atoms with van der Waals surface area (Å²) in [7, 11) is 1.79. The number of carbonyl (C=O) groups excluding carboxylic acids is 1. The molecule has 0 bridgehead atoms. The molecule has 1 atom stereocenters. The number of amides is 1. The third-order valence-corrected chi connectivity index (χ3v) is 4.14. The second-order valence-corrected chi connectivity index (χ2v) is 7.61. The lowest BCUT2D eigenvalue weighted by molar-refractivity contribution is 0.0482. The van der Waals surface area contributed by atoms with E-state index in [9.17, 15) is 4.79 Å². The summed E-state index contributed by atoms with van der Waals surface area (Å²) >= 11 is 0. The molecule has 0 saturated heterocycles. The predicted octanol–water partition coefficient (Wildman–Crippen LogP) is 3.08. The van der Waals surface area contributed by atoms with E-state index < -0.39 is 5.60 Å². The Balaban J connectivity index is 2.37. The highest BCUT2D eigenvalue weighted by atomic mass is 16.6. The first-order valence-corrected chi connectivity index (χ1v) is 8.47. The minimum Gasteiger partial charge on any atom is -0.444 e. The van der Waals surface area contributed by atoms with E-state index in [1.165, 1.54) is 0 Å². The van der Waals surface area contributed by atoms with Crippen LogP contribution in [0.25, 0.3) is 0 Å². The Hall–Kier alpha value is -0.810. The molecule has 0 aromatic heterocycles. The number of hydrogen-bond acceptors (Lipinski definition) is 4. The molecule has 1 amide bonds. The standard InChI is InChI=1S/C17H34N2O3/c1-12(2)15(19-16(20)22-17(3,4)5)11-18-13-7-9-14(21-6)10-8-13/h12-15,18H,7-11H2,1-6H3,(H,19,20). The average Bonchev–Trinajstić information content (AvgIpc) is 2.41. The van der Waals surface area contributed by atoms with Crippen LogP contribution in [-0.4, -0.2) is 43.5 Å². The molecule has 1 aliphatic carbocycles. The maximum atomic E-state index is 11.9. The third kappa shape index (κ3) is 7.45. The van der Waals surface area contributed by atoms with Gasteiger partial charge in [-0.1, -0.05) is 13.8 Å². The molecule has 5 nitrogen and oxygen atoms in total. The van der Waals surface area contributed by atoms with Gasteiger partial charge in [-0.25, -0.2) is 4.79 Å². The van der Waals surface area contributed by atoms with Crippen LogP contribution in [0.4, 0.5) is 4.79 Å². The lowest BCUT2D eigenvalue weighted by Gasteiger charge is -2.31. The average molecular weight is 314 g/mol. The van der Waals surface area contributed by atoms with E-state index in [4.69, 9.17) is 9.47 Å². The molecule has 0 radical (unpaired) electrons. The fourth-order valence-electron chi connectivity index (χ4n) is 2.71. The molecule has 1 saturated carbocycles. The first-order chi connectivity index (χ1) is 10.2. The van der Waals surface area contributed by atoms with E-state index in [0.717, 1.165) is 32.2 Å². The SMILES string of the molecule is COC1CCC(NCC(NC(=O)OC(C)(C)C)C(C)C)CC1. The van der Waals surface area contributed by atoms with Gasteiger partial charge in [0.25, 0.3) is 0 Å². The largest absolute Gasteiger partial charge is 0.444 e. The van der Waals surface area contributed by atoms with Gasteiger partial charge in [0, 0.05) is 25.7 Å². The molecule has 0 heterocycles. The van der Waals surface area contributed by atoms with Crippen molar-refractivity contribution in [2.24, 2.45) is 5.92 Å². The highest BCUT2D eigenvalue weighted by Crippen LogP contribution is 2.20. The molecule has 2 N–H and O–H groups in total. The highest BCUT2D eigenvalue weighted by Gasteiger charge is 2.24. The molecule has 0 aromatic carbocycles. The molecule has 1 unspecified atom stereocenters. The van der Waals surface area contributed by atoms with Gasteiger partial charge >= 0.3 is 6.09 Å². The van der Waals surface area contributed by atoms with Gasteiger partial charge in [0.15, 0.2) is 0 Å². The van der Waals surface area contributed by atoms with Gasteiger partial charge in [-0.2, -0.15) is 0 Å². The van der Waals surface area contributed by atoms with Crippen molar-refractivity contribution >= 4 is 6.09 Å². The van der Waals surface area contributed by atoms with Gasteiger partial charge < -0.3 is 20.1 Å². The Morgan fingerprint density at radius 3 is 2.23 bits per heavy atom. The van der Waals surface area contributed by atoms with Crippen LogP contribution in [0.2, 0.25) is 0 Å². The summed E-state index contributed by atoms with van der Waals surface area (Å²) in [5, 5.41) is 6.57. The van der Waals surface area contributed by atoms with Crippen LogP contribution < -0.4 is 10.6 Å². The molecule has 0 aliphatic heterocycles. The summed E-state index contributed by atoms with van der Waals surface area (Å²) in [6.45, 7) is 10.6. The van der Waals surface area contributed by atoms with Crippen LogP contribution in [0.15, 0.2) is 0 Å². The van der Waals surface area contributed by atoms with E-state index >= 15 is 0 Å². The number of methoxy groups -OCH3 is 1. The maximum Gasteiger partial charge on any atom is 0.407 e. The number of carbonyl (C=O) groups is 1. The fourth-order valence-corrected chi connectivity index (χ4v) is 2.71. The smallest absolute Gasteiger partial charge is 0.407 e. The fraction of sp³-hybridized carbons (Fsp3) is 0.941. The zero-order valence-corrected chi connectivity index (χ0v) is 15.1. The van der Waals surface area contributed by atoms with E-state index in [1.807, 2.05) is 20.8 Å². The van der Waals surface area contributed by atoms with E-state index in [1.54, 1.807) is 7.11 Å². The van der Waals surface area contributed by atoms with Gasteiger partial charge in [0.2, 0.25) is 0 Å². The van der Waals surface area contributed by atoms with Crippen LogP contribution in [0, 0.1) is 5.92 Å². The minimum absolute atomic E-state index is 0.0787. The summed E-state index contributed by atoms with van der Waals surface area (Å²) < 4.78 is 10.7. The van der Waals surface area contributed by atoms with Gasteiger partial charge in [-0.15, -0.1) is 0 Å². The highest BCUT2D eigenvalue weighted by molar-refractivity contribution is 5.68. The second kappa shape index (κ2) is 8.73. The van der Waals surface area contributed by atoms with Crippen LogP contribution in [0.3, 0.4) is 0 Å². The van der Waals surface area contributed by atoms with E-state index in [2.05, 4.69) is 24.5 Å². The summed E-state index contributed by atoms with van der Waals surface area (Å²) in [6, 6.07) is 0.600. The Labute approximate surface area is 135 Å². The molecule has 1 fully saturated rings. The topological polar surface area (TPSA) is 59.6 Å². The molecular weight excluding hydrogens is 280 g/mol. The molecule has 0 aromatic rings. The van der Waals surface area contributed by atoms with Gasteiger partial charge in [0.1, 0.15) is 5.60 Å². The summed E-state index contributed by atoms with van der Waals surface area (Å²) in [4.78, 5) is 11.9. The Morgan fingerprint density at radius 1 is 1.18 bits per heavy atom. The zero-order valence-electron chi connectivity index (χ0n) is 15.1. The molecule has 22 heavy (non-hydrogen) atoms. The monoisotopic (exact) mass is 314 g/mol. The summed E-state index contributed by atoms with van der Waals surface area (Å²) in [5.41, 5.74) is -0.461. The molecule has 5 heteroatoms. The first kappa shape index (κ1) is 19.2. The third-order valence-electron chi connectivity index (χ3n) is 4.14. The minimum atomic E-state index is -0.461. The van der Waals surface area contributed by atoms with Crippen molar-refractivity contribution in [1.82, 2.24) is 10.6 Å². The number of alkyl carbamates (subject to hydrolysis) is 1. The summed E-state index contributed by atoms with van der Waals surface area (Å²) in [5.74, 6) is 0.357. The van der Waals surface area contributed by atoms with Crippen molar-refractivity contribution in [1.29, 1.82) is 0 Å². The first-order valence-electron chi connectivity index (χ1n) is 8.47. The molecule has 1 rings (SSSR count). The van der Waals surface area contributed by atoms with Crippen molar-refractivity contribution in [2.45, 2.75) is 84.1 Å². The Kier molecular flexibility index (Phi) is 7.63. The quantitative estimate of drug-likeness (QED) is 0.791. The van der Waals surface area contributed by atoms with Crippen molar-refractivity contribution in [2.75, 3.05) is 13.7 Å². The van der Waals surface area contributed by atoms with Crippen LogP contribution in [0.5, 0.6) is 0 Å². The predicted molar refractivity (Wildman–Crippen MR) is 89.1 cm³/mol. The van der Waals surface area contributed by atoms with Gasteiger partial charge in [-0.3, -0.25) is 0 Å². The molecule has 1 aliphatic rings. The lowest BCUT2D eigenvalue weighted by Crippen LogP contribution is -2.49. The number of ether oxygens (including phenoxy) is 2. The van der Waals surface area contributed by atoms with E-state index in [0.29, 0.717) is 18.1 Å². The zero-order chi connectivity index (χ0) is 16.8. The van der Waals surface area contributed by atoms with Crippen LogP contribution >= 0.6 is 0 Å². The molecule has 0 spiro atoms. The van der Waals surface area contributed by atoms with Gasteiger partial charge in [-0.05, 0) is 52.4 Å². The number of hydrogen-bond donors (Lipinski definition) is 2.